The van der Waals surface area contributed by atoms with E-state index in [-0.39, 0.29) is 28.8 Å². The lowest BCUT2D eigenvalue weighted by Gasteiger charge is -2.37. The van der Waals surface area contributed by atoms with Crippen molar-refractivity contribution in [3.8, 4) is 6.07 Å². The van der Waals surface area contributed by atoms with E-state index < -0.39 is 10.0 Å². The van der Waals surface area contributed by atoms with Crippen LogP contribution in [0.3, 0.4) is 0 Å². The number of ether oxygens (including phenoxy) is 1. The number of rotatable bonds is 5. The lowest BCUT2D eigenvalue weighted by molar-refractivity contribution is -0.144. The van der Waals surface area contributed by atoms with Crippen LogP contribution in [0, 0.1) is 17.2 Å². The van der Waals surface area contributed by atoms with E-state index in [1.165, 1.54) is 0 Å². The molecule has 1 atom stereocenters. The van der Waals surface area contributed by atoms with E-state index >= 15 is 0 Å². The molecule has 182 valence electrons. The van der Waals surface area contributed by atoms with Crippen LogP contribution >= 0.6 is 0 Å². The van der Waals surface area contributed by atoms with Gasteiger partial charge in [0.2, 0.25) is 15.9 Å². The summed E-state index contributed by atoms with van der Waals surface area (Å²) in [6.07, 6.45) is 4.80. The van der Waals surface area contributed by atoms with Gasteiger partial charge in [0.1, 0.15) is 6.07 Å². The first-order valence-corrected chi connectivity index (χ1v) is 13.7. The summed E-state index contributed by atoms with van der Waals surface area (Å²) in [7, 11) is -1.80. The molecular formula is C25H32N4O4S. The van der Waals surface area contributed by atoms with Crippen LogP contribution < -0.4 is 4.72 Å². The van der Waals surface area contributed by atoms with Crippen LogP contribution in [-0.2, 0) is 26.6 Å². The molecule has 8 nitrogen and oxygen atoms in total. The highest BCUT2D eigenvalue weighted by molar-refractivity contribution is 7.89. The Hall–Kier alpha value is -2.41. The molecule has 2 saturated carbocycles. The maximum atomic E-state index is 13.2. The summed E-state index contributed by atoms with van der Waals surface area (Å²) < 4.78 is 36.7. The molecule has 1 aromatic heterocycles. The van der Waals surface area contributed by atoms with Gasteiger partial charge in [-0.3, -0.25) is 4.79 Å². The Morgan fingerprint density at radius 3 is 2.56 bits per heavy atom. The Balaban J connectivity index is 1.28. The van der Waals surface area contributed by atoms with Gasteiger partial charge < -0.3 is 14.2 Å². The summed E-state index contributed by atoms with van der Waals surface area (Å²) in [6, 6.07) is 7.26. The van der Waals surface area contributed by atoms with Gasteiger partial charge in [-0.15, -0.1) is 0 Å². The van der Waals surface area contributed by atoms with Gasteiger partial charge in [0.15, 0.2) is 0 Å². The largest absolute Gasteiger partial charge is 0.377 e. The lowest BCUT2D eigenvalue weighted by atomic mass is 9.85. The van der Waals surface area contributed by atoms with Crippen LogP contribution in [0.1, 0.15) is 62.6 Å². The van der Waals surface area contributed by atoms with Crippen LogP contribution in [0.15, 0.2) is 23.1 Å². The second-order valence-electron chi connectivity index (χ2n) is 10.0. The van der Waals surface area contributed by atoms with Gasteiger partial charge in [-0.2, -0.15) is 5.26 Å². The Bertz CT molecular complexity index is 1250. The van der Waals surface area contributed by atoms with E-state index in [2.05, 4.69) is 10.8 Å². The Labute approximate surface area is 200 Å². The van der Waals surface area contributed by atoms with Crippen molar-refractivity contribution in [1.29, 1.82) is 5.26 Å². The number of fused-ring (bicyclic) bond motifs is 1. The minimum absolute atomic E-state index is 0.0497. The van der Waals surface area contributed by atoms with Crippen LogP contribution in [-0.4, -0.2) is 55.6 Å². The zero-order chi connectivity index (χ0) is 24.0. The Morgan fingerprint density at radius 2 is 1.91 bits per heavy atom. The molecule has 2 heterocycles. The van der Waals surface area contributed by atoms with E-state index in [0.29, 0.717) is 56.9 Å². The number of hydrogen-bond donors (Lipinski definition) is 1. The van der Waals surface area contributed by atoms with Gasteiger partial charge in [-0.05, 0) is 57.6 Å². The normalized spacial score (nSPS) is 25.9. The fourth-order valence-electron chi connectivity index (χ4n) is 5.59. The maximum absolute atomic E-state index is 13.2. The van der Waals surface area contributed by atoms with Crippen molar-refractivity contribution in [2.75, 3.05) is 19.8 Å². The number of nitriles is 1. The number of sulfonamides is 1. The molecule has 2 aliphatic carbocycles. The zero-order valence-corrected chi connectivity index (χ0v) is 20.6. The Kier molecular flexibility index (Phi) is 6.17. The van der Waals surface area contributed by atoms with Crippen LogP contribution in [0.4, 0.5) is 0 Å². The van der Waals surface area contributed by atoms with Crippen LogP contribution in [0.25, 0.3) is 10.9 Å². The lowest BCUT2D eigenvalue weighted by Crippen LogP contribution is -2.50. The molecule has 0 spiro atoms. The molecule has 1 aromatic carbocycles. The smallest absolute Gasteiger partial charge is 0.240 e. The number of morpholine rings is 1. The van der Waals surface area contributed by atoms with Gasteiger partial charge in [0, 0.05) is 42.6 Å². The predicted octanol–water partition coefficient (Wildman–Crippen LogP) is 3.01. The molecule has 0 bridgehead atoms. The highest BCUT2D eigenvalue weighted by Crippen LogP contribution is 2.44. The molecule has 2 aromatic rings. The summed E-state index contributed by atoms with van der Waals surface area (Å²) in [4.78, 5) is 15.1. The van der Waals surface area contributed by atoms with Crippen molar-refractivity contribution in [2.45, 2.75) is 68.3 Å². The highest BCUT2D eigenvalue weighted by atomic mass is 32.2. The fourth-order valence-corrected chi connectivity index (χ4v) is 6.91. The van der Waals surface area contributed by atoms with Crippen LogP contribution in [0.2, 0.25) is 0 Å². The molecule has 1 aliphatic heterocycles. The fraction of sp³-hybridized carbons (Fsp3) is 0.600. The second kappa shape index (κ2) is 8.99. The summed E-state index contributed by atoms with van der Waals surface area (Å²) >= 11 is 0. The first kappa shape index (κ1) is 23.3. The van der Waals surface area contributed by atoms with E-state index in [1.807, 2.05) is 23.4 Å². The zero-order valence-electron chi connectivity index (χ0n) is 19.8. The number of aromatic nitrogens is 1. The van der Waals surface area contributed by atoms with E-state index in [4.69, 9.17) is 4.74 Å². The first-order valence-electron chi connectivity index (χ1n) is 12.2. The molecule has 9 heteroatoms. The molecule has 1 saturated heterocycles. The highest BCUT2D eigenvalue weighted by Gasteiger charge is 2.35. The third kappa shape index (κ3) is 4.23. The summed E-state index contributed by atoms with van der Waals surface area (Å²) in [5, 5.41) is 10.5. The number of nitrogens with zero attached hydrogens (tertiary/aromatic N) is 3. The third-order valence-electron chi connectivity index (χ3n) is 7.65. The molecule has 1 N–H and O–H groups in total. The molecule has 3 fully saturated rings. The maximum Gasteiger partial charge on any atom is 0.240 e. The molecule has 3 aliphatic rings. The van der Waals surface area contributed by atoms with Gasteiger partial charge in [-0.1, -0.05) is 6.07 Å². The van der Waals surface area contributed by atoms with Gasteiger partial charge >= 0.3 is 0 Å². The number of carbonyl (C=O) groups is 1. The monoisotopic (exact) mass is 484 g/mol. The summed E-state index contributed by atoms with van der Waals surface area (Å²) in [6.45, 7) is 3.79. The van der Waals surface area contributed by atoms with Gasteiger partial charge in [0.05, 0.1) is 35.2 Å². The molecule has 5 rings (SSSR count). The number of amides is 1. The van der Waals surface area contributed by atoms with Gasteiger partial charge in [-0.25, -0.2) is 13.1 Å². The summed E-state index contributed by atoms with van der Waals surface area (Å²) in [5.74, 6) is 0.515. The van der Waals surface area contributed by atoms with Crippen molar-refractivity contribution in [1.82, 2.24) is 14.2 Å². The van der Waals surface area contributed by atoms with E-state index in [1.54, 1.807) is 18.2 Å². The molecule has 1 amide bonds. The van der Waals surface area contributed by atoms with Crippen LogP contribution in [0.5, 0.6) is 0 Å². The average molecular weight is 485 g/mol. The number of benzene rings is 1. The summed E-state index contributed by atoms with van der Waals surface area (Å²) in [5.41, 5.74) is 2.45. The second-order valence-corrected chi connectivity index (χ2v) is 11.7. The van der Waals surface area contributed by atoms with Gasteiger partial charge in [0.25, 0.3) is 0 Å². The molecule has 0 radical (unpaired) electrons. The van der Waals surface area contributed by atoms with Crippen molar-refractivity contribution < 1.29 is 17.9 Å². The number of hydrogen-bond acceptors (Lipinski definition) is 5. The number of aryl methyl sites for hydroxylation is 1. The first-order chi connectivity index (χ1) is 16.3. The third-order valence-corrected chi connectivity index (χ3v) is 9.17. The minimum Gasteiger partial charge on any atom is -0.377 e. The average Bonchev–Trinajstić information content (AvgIpc) is 3.63. The Morgan fingerprint density at radius 1 is 1.18 bits per heavy atom. The topological polar surface area (TPSA) is 104 Å². The standard InChI is InChI=1S/C25H32N4O4S/c1-16-15-33-12-11-29(16)25(30)18-5-7-19(8-6-18)27-34(31,32)20-9-10-21-22(14-26)24(17-3-4-17)28(2)23(21)13-20/h9-10,13,16-19,27H,3-8,11-12,15H2,1-2H3/t16-,18?,19?/m0/s1. The predicted molar refractivity (Wildman–Crippen MR) is 128 cm³/mol. The molecule has 0 unspecified atom stereocenters. The van der Waals surface area contributed by atoms with Crippen molar-refractivity contribution in [2.24, 2.45) is 13.0 Å². The van der Waals surface area contributed by atoms with Crippen molar-refractivity contribution in [3.05, 3.63) is 29.5 Å². The van der Waals surface area contributed by atoms with Crippen molar-refractivity contribution >= 4 is 26.8 Å². The SMILES string of the molecule is C[C@H]1COCCN1C(=O)C1CCC(NS(=O)(=O)c2ccc3c(C#N)c(C4CC4)n(C)c3c2)CC1. The van der Waals surface area contributed by atoms with E-state index in [0.717, 1.165) is 29.4 Å². The number of nitrogens with one attached hydrogen (secondary N) is 1. The van der Waals surface area contributed by atoms with E-state index in [9.17, 15) is 18.5 Å². The quantitative estimate of drug-likeness (QED) is 0.703. The minimum atomic E-state index is -3.71. The number of carbonyl (C=O) groups excluding carboxylic acids is 1. The molecule has 34 heavy (non-hydrogen) atoms. The molecular weight excluding hydrogens is 452 g/mol. The van der Waals surface area contributed by atoms with Crippen molar-refractivity contribution in [3.63, 3.8) is 0 Å².